The second-order valence-corrected chi connectivity index (χ2v) is 7.54. The van der Waals surface area contributed by atoms with Gasteiger partial charge in [-0.2, -0.15) is 0 Å². The van der Waals surface area contributed by atoms with Crippen molar-refractivity contribution in [3.8, 4) is 0 Å². The number of rotatable bonds is 2. The van der Waals surface area contributed by atoms with Crippen molar-refractivity contribution in [3.63, 3.8) is 0 Å². The van der Waals surface area contributed by atoms with Crippen LogP contribution >= 0.6 is 24.0 Å². The van der Waals surface area contributed by atoms with Gasteiger partial charge in [-0.1, -0.05) is 31.5 Å². The molecule has 2 fully saturated rings. The zero-order valence-electron chi connectivity index (χ0n) is 11.7. The van der Waals surface area contributed by atoms with Crippen LogP contribution in [0.2, 0.25) is 0 Å². The maximum Gasteiger partial charge on any atom is 0.219 e. The predicted molar refractivity (Wildman–Crippen MR) is 84.1 cm³/mol. The summed E-state index contributed by atoms with van der Waals surface area (Å²) in [6.07, 6.45) is 13.4. The van der Waals surface area contributed by atoms with Crippen molar-refractivity contribution in [1.82, 2.24) is 0 Å². The lowest BCUT2D eigenvalue weighted by Gasteiger charge is -2.37. The van der Waals surface area contributed by atoms with Crippen LogP contribution in [0.15, 0.2) is 0 Å². The van der Waals surface area contributed by atoms with E-state index >= 15 is 0 Å². The van der Waals surface area contributed by atoms with Crippen molar-refractivity contribution in [1.29, 1.82) is 0 Å². The first kappa shape index (κ1) is 14.6. The van der Waals surface area contributed by atoms with E-state index in [9.17, 15) is 0 Å². The Hall–Kier alpha value is 0.240. The van der Waals surface area contributed by atoms with Gasteiger partial charge in [-0.05, 0) is 74.8 Å². The summed E-state index contributed by atoms with van der Waals surface area (Å²) in [7, 11) is 0. The quantitative estimate of drug-likeness (QED) is 0.658. The van der Waals surface area contributed by atoms with Crippen LogP contribution in [-0.2, 0) is 4.74 Å². The molecule has 0 aromatic rings. The van der Waals surface area contributed by atoms with Crippen LogP contribution in [0, 0.1) is 17.8 Å². The van der Waals surface area contributed by atoms with Crippen LogP contribution in [0.1, 0.15) is 58.3 Å². The van der Waals surface area contributed by atoms with Crippen molar-refractivity contribution >= 4 is 28.4 Å². The van der Waals surface area contributed by atoms with E-state index in [0.717, 1.165) is 22.1 Å². The Kier molecular flexibility index (Phi) is 5.81. The van der Waals surface area contributed by atoms with Crippen LogP contribution < -0.4 is 0 Å². The minimum absolute atomic E-state index is 0.406. The molecule has 104 valence electrons. The highest BCUT2D eigenvalue weighted by molar-refractivity contribution is 8.22. The van der Waals surface area contributed by atoms with E-state index in [-0.39, 0.29) is 0 Å². The molecular weight excluding hydrogens is 260 g/mol. The lowest BCUT2D eigenvalue weighted by atomic mass is 9.71. The van der Waals surface area contributed by atoms with Crippen LogP contribution in [0.3, 0.4) is 0 Å². The number of thiocarbonyl (C=S) groups is 1. The third kappa shape index (κ3) is 4.12. The highest BCUT2D eigenvalue weighted by Gasteiger charge is 2.30. The number of hydrogen-bond donors (Lipinski definition) is 0. The van der Waals surface area contributed by atoms with Gasteiger partial charge >= 0.3 is 0 Å². The summed E-state index contributed by atoms with van der Waals surface area (Å²) in [6.45, 7) is 2.41. The van der Waals surface area contributed by atoms with Crippen LogP contribution in [0.5, 0.6) is 0 Å². The molecule has 2 rings (SSSR count). The zero-order valence-corrected chi connectivity index (χ0v) is 13.3. The standard InChI is InChI=1S/C15H26OS2/c1-11-3-5-12(6-4-11)13-7-9-14(10-8-13)16-15(17)18-2/h11-14H,3-10H2,1-2H3. The smallest absolute Gasteiger partial charge is 0.219 e. The molecule has 0 heterocycles. The Labute approximate surface area is 121 Å². The molecule has 0 aliphatic heterocycles. The van der Waals surface area contributed by atoms with Crippen molar-refractivity contribution in [3.05, 3.63) is 0 Å². The zero-order chi connectivity index (χ0) is 13.0. The molecule has 0 aromatic heterocycles. The molecule has 1 nitrogen and oxygen atoms in total. The molecule has 0 N–H and O–H groups in total. The van der Waals surface area contributed by atoms with Gasteiger partial charge in [0.15, 0.2) is 0 Å². The molecule has 3 heteroatoms. The molecule has 0 aromatic carbocycles. The van der Waals surface area contributed by atoms with E-state index < -0.39 is 0 Å². The summed E-state index contributed by atoms with van der Waals surface area (Å²) >= 11 is 6.70. The predicted octanol–water partition coefficient (Wildman–Crippen LogP) is 5.04. The highest BCUT2D eigenvalue weighted by atomic mass is 32.2. The Morgan fingerprint density at radius 1 is 0.944 bits per heavy atom. The summed E-state index contributed by atoms with van der Waals surface area (Å²) in [5.74, 6) is 2.95. The van der Waals surface area contributed by atoms with Gasteiger partial charge in [-0.15, -0.1) is 0 Å². The lowest BCUT2D eigenvalue weighted by molar-refractivity contribution is 0.0916. The fourth-order valence-electron chi connectivity index (χ4n) is 3.62. The molecule has 0 atom stereocenters. The molecule has 2 aliphatic carbocycles. The summed E-state index contributed by atoms with van der Waals surface area (Å²) in [4.78, 5) is 0. The molecule has 2 saturated carbocycles. The average molecular weight is 287 g/mol. The fraction of sp³-hybridized carbons (Fsp3) is 0.933. The van der Waals surface area contributed by atoms with Gasteiger partial charge in [0.05, 0.1) is 0 Å². The molecule has 0 spiro atoms. The maximum absolute atomic E-state index is 5.79. The fourth-order valence-corrected chi connectivity index (χ4v) is 3.99. The van der Waals surface area contributed by atoms with Crippen molar-refractivity contribution < 1.29 is 4.74 Å². The molecule has 0 radical (unpaired) electrons. The summed E-state index contributed by atoms with van der Waals surface area (Å²) in [6, 6.07) is 0. The molecule has 0 unspecified atom stereocenters. The SMILES string of the molecule is CSC(=S)OC1CCC(C2CCC(C)CC2)CC1. The Morgan fingerprint density at radius 3 is 1.94 bits per heavy atom. The lowest BCUT2D eigenvalue weighted by Crippen LogP contribution is -2.28. The van der Waals surface area contributed by atoms with E-state index in [1.807, 2.05) is 6.26 Å². The van der Waals surface area contributed by atoms with E-state index in [4.69, 9.17) is 17.0 Å². The molecule has 0 amide bonds. The van der Waals surface area contributed by atoms with E-state index in [2.05, 4.69) is 6.92 Å². The maximum atomic E-state index is 5.79. The van der Waals surface area contributed by atoms with Gasteiger partial charge in [0, 0.05) is 0 Å². The third-order valence-electron chi connectivity index (χ3n) is 4.88. The minimum Gasteiger partial charge on any atom is -0.475 e. The van der Waals surface area contributed by atoms with Gasteiger partial charge in [-0.3, -0.25) is 0 Å². The van der Waals surface area contributed by atoms with Gasteiger partial charge in [-0.25, -0.2) is 0 Å². The normalized spacial score (nSPS) is 37.2. The summed E-state index contributed by atoms with van der Waals surface area (Å²) < 4.78 is 6.51. The second kappa shape index (κ2) is 7.14. The summed E-state index contributed by atoms with van der Waals surface area (Å²) in [5, 5.41) is 0. The first-order valence-electron chi connectivity index (χ1n) is 7.43. The van der Waals surface area contributed by atoms with E-state index in [0.29, 0.717) is 6.10 Å². The monoisotopic (exact) mass is 286 g/mol. The highest BCUT2D eigenvalue weighted by Crippen LogP contribution is 2.40. The molecule has 0 bridgehead atoms. The van der Waals surface area contributed by atoms with Crippen molar-refractivity contribution in [2.45, 2.75) is 64.4 Å². The third-order valence-corrected chi connectivity index (χ3v) is 5.90. The second-order valence-electron chi connectivity index (χ2n) is 6.13. The first-order chi connectivity index (χ1) is 8.69. The van der Waals surface area contributed by atoms with Gasteiger partial charge in [0.25, 0.3) is 0 Å². The molecular formula is C15H26OS2. The number of thioether (sulfide) groups is 1. The molecule has 18 heavy (non-hydrogen) atoms. The van der Waals surface area contributed by atoms with Gasteiger partial charge in [0.2, 0.25) is 4.38 Å². The van der Waals surface area contributed by atoms with Gasteiger partial charge in [0.1, 0.15) is 6.10 Å². The first-order valence-corrected chi connectivity index (χ1v) is 9.07. The topological polar surface area (TPSA) is 9.23 Å². The molecule has 0 saturated heterocycles. The van der Waals surface area contributed by atoms with Crippen molar-refractivity contribution in [2.75, 3.05) is 6.26 Å². The Balaban J connectivity index is 1.71. The van der Waals surface area contributed by atoms with Gasteiger partial charge < -0.3 is 4.74 Å². The number of hydrogen-bond acceptors (Lipinski definition) is 3. The number of ether oxygens (including phenoxy) is 1. The summed E-state index contributed by atoms with van der Waals surface area (Å²) in [5.41, 5.74) is 0. The Bertz CT molecular complexity index is 264. The van der Waals surface area contributed by atoms with Crippen LogP contribution in [0.25, 0.3) is 0 Å². The van der Waals surface area contributed by atoms with E-state index in [1.54, 1.807) is 11.8 Å². The minimum atomic E-state index is 0.406. The van der Waals surface area contributed by atoms with Crippen LogP contribution in [0.4, 0.5) is 0 Å². The average Bonchev–Trinajstić information content (AvgIpc) is 2.40. The van der Waals surface area contributed by atoms with Crippen molar-refractivity contribution in [2.24, 2.45) is 17.8 Å². The largest absolute Gasteiger partial charge is 0.475 e. The van der Waals surface area contributed by atoms with E-state index in [1.165, 1.54) is 51.4 Å². The Morgan fingerprint density at radius 2 is 1.44 bits per heavy atom. The van der Waals surface area contributed by atoms with Crippen LogP contribution in [-0.4, -0.2) is 16.7 Å². The molecule has 2 aliphatic rings.